The molecule has 0 saturated carbocycles. The molecule has 0 aliphatic rings. The molecule has 0 aliphatic heterocycles. The molecule has 2 radical (unpaired) electrons. The Bertz CT molecular complexity index is 112. The minimum atomic E-state index is 0.961. The third-order valence-corrected chi connectivity index (χ3v) is 3.76. The van der Waals surface area contributed by atoms with E-state index in [0.717, 1.165) is 4.47 Å². The van der Waals surface area contributed by atoms with Gasteiger partial charge in [-0.2, -0.15) is 0 Å². The van der Waals surface area contributed by atoms with Gasteiger partial charge in [0, 0.05) is 0 Å². The molecule has 2 nitrogen and oxygen atoms in total. The van der Waals surface area contributed by atoms with Gasteiger partial charge in [-0.3, -0.25) is 0 Å². The molecule has 0 fully saturated rings. The summed E-state index contributed by atoms with van der Waals surface area (Å²) in [6.45, 7) is 2.49. The van der Waals surface area contributed by atoms with E-state index in [4.69, 9.17) is 0 Å². The molecular formula is C11H25GaN2. The zero-order valence-corrected chi connectivity index (χ0v) is 12.7. The Morgan fingerprint density at radius 1 is 0.857 bits per heavy atom. The van der Waals surface area contributed by atoms with Crippen molar-refractivity contribution in [1.29, 1.82) is 0 Å². The van der Waals surface area contributed by atoms with Crippen LogP contribution in [0.3, 0.4) is 0 Å². The number of nitrogens with zero attached hydrogens (tertiary/aromatic N) is 2. The molecular weight excluding hydrogens is 230 g/mol. The van der Waals surface area contributed by atoms with Crippen molar-refractivity contribution in [1.82, 2.24) is 9.80 Å². The zero-order valence-electron chi connectivity index (χ0n) is 10.3. The molecule has 0 amide bonds. The molecule has 0 aliphatic carbocycles. The van der Waals surface area contributed by atoms with Crippen LogP contribution in [-0.2, 0) is 0 Å². The second-order valence-electron chi connectivity index (χ2n) is 4.65. The van der Waals surface area contributed by atoms with Crippen LogP contribution < -0.4 is 0 Å². The summed E-state index contributed by atoms with van der Waals surface area (Å²) in [6.07, 6.45) is 5.53. The molecule has 14 heavy (non-hydrogen) atoms. The van der Waals surface area contributed by atoms with Crippen LogP contribution in [0.2, 0.25) is 4.47 Å². The summed E-state index contributed by atoms with van der Waals surface area (Å²) >= 11 is 1.93. The number of hydrogen-bond acceptors (Lipinski definition) is 2. The average Bonchev–Trinajstić information content (AvgIpc) is 2.02. The SMILES string of the molecule is CN(C)CCC[CH]([Ga])CCCN(C)C. The summed E-state index contributed by atoms with van der Waals surface area (Å²) in [5, 5.41) is 0. The van der Waals surface area contributed by atoms with Crippen molar-refractivity contribution in [2.75, 3.05) is 41.3 Å². The van der Waals surface area contributed by atoms with E-state index in [1.807, 2.05) is 18.6 Å². The Hall–Kier alpha value is 0.556. The van der Waals surface area contributed by atoms with E-state index < -0.39 is 0 Å². The second kappa shape index (κ2) is 8.83. The van der Waals surface area contributed by atoms with E-state index in [-0.39, 0.29) is 0 Å². The molecule has 0 heterocycles. The fraction of sp³-hybridized carbons (Fsp3) is 1.00. The van der Waals surface area contributed by atoms with Gasteiger partial charge >= 0.3 is 99.8 Å². The Kier molecular flexibility index (Phi) is 9.18. The minimum absolute atomic E-state index is 0.961. The average molecular weight is 255 g/mol. The van der Waals surface area contributed by atoms with Crippen LogP contribution in [-0.4, -0.2) is 69.7 Å². The van der Waals surface area contributed by atoms with Gasteiger partial charge < -0.3 is 0 Å². The zero-order chi connectivity index (χ0) is 11.0. The van der Waals surface area contributed by atoms with E-state index >= 15 is 0 Å². The monoisotopic (exact) mass is 254 g/mol. The van der Waals surface area contributed by atoms with Gasteiger partial charge in [0.05, 0.1) is 0 Å². The molecule has 0 saturated heterocycles. The Morgan fingerprint density at radius 2 is 1.21 bits per heavy atom. The molecule has 0 aromatic carbocycles. The quantitative estimate of drug-likeness (QED) is 0.608. The molecule has 0 aromatic heterocycles. The van der Waals surface area contributed by atoms with Gasteiger partial charge in [-0.15, -0.1) is 0 Å². The van der Waals surface area contributed by atoms with Crippen LogP contribution in [0.15, 0.2) is 0 Å². The van der Waals surface area contributed by atoms with Crippen molar-refractivity contribution in [3.8, 4) is 0 Å². The van der Waals surface area contributed by atoms with Crippen molar-refractivity contribution >= 4 is 18.6 Å². The third kappa shape index (κ3) is 10.6. The van der Waals surface area contributed by atoms with E-state index in [1.54, 1.807) is 0 Å². The first-order valence-electron chi connectivity index (χ1n) is 5.57. The summed E-state index contributed by atoms with van der Waals surface area (Å²) in [5.74, 6) is 0. The van der Waals surface area contributed by atoms with Crippen LogP contribution in [0.1, 0.15) is 25.7 Å². The van der Waals surface area contributed by atoms with Gasteiger partial charge in [0.1, 0.15) is 0 Å². The van der Waals surface area contributed by atoms with Gasteiger partial charge in [0.15, 0.2) is 0 Å². The Morgan fingerprint density at radius 3 is 1.50 bits per heavy atom. The van der Waals surface area contributed by atoms with Crippen molar-refractivity contribution in [2.45, 2.75) is 30.2 Å². The molecule has 0 rings (SSSR count). The first kappa shape index (κ1) is 14.6. The fourth-order valence-corrected chi connectivity index (χ4v) is 2.47. The van der Waals surface area contributed by atoms with Crippen molar-refractivity contribution in [3.63, 3.8) is 0 Å². The molecule has 0 aromatic rings. The predicted molar refractivity (Wildman–Crippen MR) is 65.1 cm³/mol. The number of hydrogen-bond donors (Lipinski definition) is 0. The molecule has 0 N–H and O–H groups in total. The maximum atomic E-state index is 2.28. The summed E-state index contributed by atoms with van der Waals surface area (Å²) in [4.78, 5) is 4.55. The van der Waals surface area contributed by atoms with Crippen LogP contribution in [0.5, 0.6) is 0 Å². The molecule has 0 spiro atoms. The van der Waals surface area contributed by atoms with Gasteiger partial charge in [-0.05, 0) is 0 Å². The van der Waals surface area contributed by atoms with Gasteiger partial charge in [0.2, 0.25) is 0 Å². The van der Waals surface area contributed by atoms with Crippen molar-refractivity contribution in [3.05, 3.63) is 0 Å². The number of rotatable bonds is 8. The van der Waals surface area contributed by atoms with Gasteiger partial charge in [0.25, 0.3) is 0 Å². The topological polar surface area (TPSA) is 6.48 Å². The Balaban J connectivity index is 3.23. The van der Waals surface area contributed by atoms with Crippen LogP contribution in [0.4, 0.5) is 0 Å². The summed E-state index contributed by atoms with van der Waals surface area (Å²) in [5.41, 5.74) is 0. The van der Waals surface area contributed by atoms with Crippen LogP contribution in [0, 0.1) is 0 Å². The summed E-state index contributed by atoms with van der Waals surface area (Å²) < 4.78 is 0.961. The third-order valence-electron chi connectivity index (χ3n) is 2.36. The summed E-state index contributed by atoms with van der Waals surface area (Å²) in [6, 6.07) is 0. The van der Waals surface area contributed by atoms with Crippen molar-refractivity contribution < 1.29 is 0 Å². The van der Waals surface area contributed by atoms with E-state index in [2.05, 4.69) is 38.0 Å². The van der Waals surface area contributed by atoms with Crippen LogP contribution in [0.25, 0.3) is 0 Å². The normalized spacial score (nSPS) is 11.9. The summed E-state index contributed by atoms with van der Waals surface area (Å²) in [7, 11) is 8.62. The van der Waals surface area contributed by atoms with Gasteiger partial charge in [-0.1, -0.05) is 0 Å². The van der Waals surface area contributed by atoms with Crippen LogP contribution >= 0.6 is 0 Å². The first-order chi connectivity index (χ1) is 6.52. The first-order valence-corrected chi connectivity index (χ1v) is 6.97. The van der Waals surface area contributed by atoms with E-state index in [0.29, 0.717) is 0 Å². The standard InChI is InChI=1S/C11H25N2.Ga/c1-12(2)10-8-6-5-7-9-11-13(3)4;/h5H,6-11H2,1-4H3;. The Labute approximate surface area is 99.9 Å². The predicted octanol–water partition coefficient (Wildman–Crippen LogP) is 1.63. The van der Waals surface area contributed by atoms with Crippen molar-refractivity contribution in [2.24, 2.45) is 0 Å². The maximum absolute atomic E-state index is 2.28. The van der Waals surface area contributed by atoms with E-state index in [1.165, 1.54) is 38.8 Å². The molecule has 0 unspecified atom stereocenters. The second-order valence-corrected chi connectivity index (χ2v) is 6.63. The molecule has 3 heteroatoms. The fourth-order valence-electron chi connectivity index (χ4n) is 1.48. The molecule has 0 atom stereocenters. The van der Waals surface area contributed by atoms with E-state index in [9.17, 15) is 0 Å². The molecule has 0 bridgehead atoms. The molecule has 82 valence electrons. The van der Waals surface area contributed by atoms with Gasteiger partial charge in [-0.25, -0.2) is 0 Å².